The zero-order chi connectivity index (χ0) is 22.2. The van der Waals surface area contributed by atoms with Gasteiger partial charge >= 0.3 is 5.97 Å². The molecule has 0 saturated carbocycles. The van der Waals surface area contributed by atoms with E-state index in [1.807, 2.05) is 86.6 Å². The molecule has 0 radical (unpaired) electrons. The third kappa shape index (κ3) is 5.80. The number of carbonyl (C=O) groups excluding carboxylic acids is 2. The fourth-order valence-electron chi connectivity index (χ4n) is 3.58. The highest BCUT2D eigenvalue weighted by atomic mass is 16.5. The number of ether oxygens (including phenoxy) is 1. The first-order chi connectivity index (χ1) is 15.0. The third-order valence-electron chi connectivity index (χ3n) is 5.09. The second-order valence-corrected chi connectivity index (χ2v) is 7.53. The highest BCUT2D eigenvalue weighted by molar-refractivity contribution is 5.99. The molecule has 0 aliphatic rings. The minimum Gasteiger partial charge on any atom is -0.459 e. The largest absolute Gasteiger partial charge is 0.459 e. The number of amides is 1. The van der Waals surface area contributed by atoms with Crippen LogP contribution in [-0.2, 0) is 16.1 Å². The number of nitrogens with one attached hydrogen (secondary N) is 2. The Morgan fingerprint density at radius 3 is 2.03 bits per heavy atom. The molecule has 31 heavy (non-hydrogen) atoms. The number of hydrogen-bond donors (Lipinski definition) is 2. The van der Waals surface area contributed by atoms with Gasteiger partial charge in [0, 0.05) is 12.1 Å². The van der Waals surface area contributed by atoms with Crippen LogP contribution in [-0.4, -0.2) is 31.5 Å². The van der Waals surface area contributed by atoms with Crippen LogP contribution in [0.25, 0.3) is 11.1 Å². The maximum Gasteiger partial charge on any atom is 0.330 e. The zero-order valence-electron chi connectivity index (χ0n) is 18.1. The lowest BCUT2D eigenvalue weighted by Gasteiger charge is -2.19. The van der Waals surface area contributed by atoms with Crippen molar-refractivity contribution >= 4 is 11.9 Å². The lowest BCUT2D eigenvalue weighted by molar-refractivity contribution is -0.147. The second kappa shape index (κ2) is 10.5. The number of rotatable bonds is 8. The van der Waals surface area contributed by atoms with Gasteiger partial charge in [-0.3, -0.25) is 4.79 Å². The van der Waals surface area contributed by atoms with E-state index in [1.165, 1.54) is 0 Å². The molecule has 5 nitrogen and oxygen atoms in total. The summed E-state index contributed by atoms with van der Waals surface area (Å²) < 4.78 is 5.42. The molecule has 3 aromatic carbocycles. The van der Waals surface area contributed by atoms with Crippen molar-refractivity contribution in [2.75, 3.05) is 13.6 Å². The maximum absolute atomic E-state index is 13.1. The smallest absolute Gasteiger partial charge is 0.330 e. The number of carbonyl (C=O) groups is 2. The standard InChI is InChI=1S/C26H28N2O3/c1-18-14-22(21-12-8-5-9-13-21)15-19(2)24(18)25(29)28-23(16-27-3)26(30)31-17-20-10-6-4-7-11-20/h4-15,23,27H,16-17H2,1-3H3,(H,28,29)/t23-/m0/s1. The molecule has 160 valence electrons. The molecule has 2 N–H and O–H groups in total. The Morgan fingerprint density at radius 1 is 0.871 bits per heavy atom. The number of likely N-dealkylation sites (N-methyl/N-ethyl adjacent to an activating group) is 1. The molecule has 0 saturated heterocycles. The van der Waals surface area contributed by atoms with Crippen LogP contribution in [0.1, 0.15) is 27.0 Å². The van der Waals surface area contributed by atoms with Gasteiger partial charge in [-0.25, -0.2) is 4.79 Å². The monoisotopic (exact) mass is 416 g/mol. The van der Waals surface area contributed by atoms with E-state index in [1.54, 1.807) is 7.05 Å². The molecule has 5 heteroatoms. The highest BCUT2D eigenvalue weighted by Crippen LogP contribution is 2.25. The molecule has 3 rings (SSSR count). The van der Waals surface area contributed by atoms with Crippen LogP contribution in [0.4, 0.5) is 0 Å². The summed E-state index contributed by atoms with van der Waals surface area (Å²) in [7, 11) is 1.73. The Kier molecular flexibility index (Phi) is 7.57. The van der Waals surface area contributed by atoms with E-state index >= 15 is 0 Å². The molecule has 0 spiro atoms. The summed E-state index contributed by atoms with van der Waals surface area (Å²) in [4.78, 5) is 25.7. The fourth-order valence-corrected chi connectivity index (χ4v) is 3.58. The first kappa shape index (κ1) is 22.2. The molecule has 0 heterocycles. The van der Waals surface area contributed by atoms with Gasteiger partial charge in [0.15, 0.2) is 0 Å². The maximum atomic E-state index is 13.1. The summed E-state index contributed by atoms with van der Waals surface area (Å²) in [6.45, 7) is 4.27. The van der Waals surface area contributed by atoms with Crippen LogP contribution < -0.4 is 10.6 Å². The number of aryl methyl sites for hydroxylation is 2. The summed E-state index contributed by atoms with van der Waals surface area (Å²) in [5.74, 6) is -0.755. The minimum atomic E-state index is -0.784. The van der Waals surface area contributed by atoms with Gasteiger partial charge in [0.25, 0.3) is 5.91 Å². The van der Waals surface area contributed by atoms with Gasteiger partial charge in [-0.05, 0) is 48.7 Å². The molecule has 0 fully saturated rings. The minimum absolute atomic E-state index is 0.166. The van der Waals surface area contributed by atoms with Crippen molar-refractivity contribution in [3.8, 4) is 11.1 Å². The molecule has 0 aromatic heterocycles. The van der Waals surface area contributed by atoms with E-state index in [-0.39, 0.29) is 19.1 Å². The first-order valence-electron chi connectivity index (χ1n) is 10.3. The van der Waals surface area contributed by atoms with Crippen LogP contribution in [0.2, 0.25) is 0 Å². The van der Waals surface area contributed by atoms with Gasteiger partial charge in [0.05, 0.1) is 0 Å². The van der Waals surface area contributed by atoms with Gasteiger partial charge in [-0.15, -0.1) is 0 Å². The highest BCUT2D eigenvalue weighted by Gasteiger charge is 2.24. The van der Waals surface area contributed by atoms with Gasteiger partial charge < -0.3 is 15.4 Å². The van der Waals surface area contributed by atoms with Gasteiger partial charge in [0.1, 0.15) is 12.6 Å². The quantitative estimate of drug-likeness (QED) is 0.544. The molecule has 0 unspecified atom stereocenters. The van der Waals surface area contributed by atoms with Gasteiger partial charge in [-0.2, -0.15) is 0 Å². The van der Waals surface area contributed by atoms with E-state index in [9.17, 15) is 9.59 Å². The molecule has 1 atom stereocenters. The normalized spacial score (nSPS) is 11.6. The van der Waals surface area contributed by atoms with E-state index < -0.39 is 12.0 Å². The molecule has 0 aliphatic carbocycles. The Labute approximate surface area is 183 Å². The van der Waals surface area contributed by atoms with Crippen molar-refractivity contribution in [2.24, 2.45) is 0 Å². The van der Waals surface area contributed by atoms with E-state index in [4.69, 9.17) is 4.74 Å². The van der Waals surface area contributed by atoms with E-state index in [0.29, 0.717) is 5.56 Å². The third-order valence-corrected chi connectivity index (χ3v) is 5.09. The second-order valence-electron chi connectivity index (χ2n) is 7.53. The van der Waals surface area contributed by atoms with E-state index in [2.05, 4.69) is 10.6 Å². The van der Waals surface area contributed by atoms with Crippen molar-refractivity contribution in [1.82, 2.24) is 10.6 Å². The van der Waals surface area contributed by atoms with Crippen molar-refractivity contribution < 1.29 is 14.3 Å². The molecule has 0 bridgehead atoms. The first-order valence-corrected chi connectivity index (χ1v) is 10.3. The Morgan fingerprint density at radius 2 is 1.45 bits per heavy atom. The summed E-state index contributed by atoms with van der Waals surface area (Å²) in [6, 6.07) is 22.7. The Hall–Kier alpha value is -3.44. The molecule has 3 aromatic rings. The summed E-state index contributed by atoms with van der Waals surface area (Å²) in [5.41, 5.74) is 5.35. The number of hydrogen-bond acceptors (Lipinski definition) is 4. The Balaban J connectivity index is 1.73. The van der Waals surface area contributed by atoms with Crippen molar-refractivity contribution in [3.05, 3.63) is 95.1 Å². The van der Waals surface area contributed by atoms with Gasteiger partial charge in [0.2, 0.25) is 0 Å². The molecule has 1 amide bonds. The lowest BCUT2D eigenvalue weighted by Crippen LogP contribution is -2.47. The molecular formula is C26H28N2O3. The number of esters is 1. The predicted molar refractivity (Wildman–Crippen MR) is 123 cm³/mol. The van der Waals surface area contributed by atoms with Crippen molar-refractivity contribution in [1.29, 1.82) is 0 Å². The van der Waals surface area contributed by atoms with Crippen LogP contribution in [0, 0.1) is 13.8 Å². The van der Waals surface area contributed by atoms with E-state index in [0.717, 1.165) is 27.8 Å². The van der Waals surface area contributed by atoms with Crippen LogP contribution in [0.15, 0.2) is 72.8 Å². The number of benzene rings is 3. The summed E-state index contributed by atoms with van der Waals surface area (Å²) >= 11 is 0. The predicted octanol–water partition coefficient (Wildman–Crippen LogP) is 4.03. The molecular weight excluding hydrogens is 388 g/mol. The van der Waals surface area contributed by atoms with Crippen LogP contribution in [0.5, 0.6) is 0 Å². The Bertz CT molecular complexity index is 1010. The zero-order valence-corrected chi connectivity index (χ0v) is 18.1. The van der Waals surface area contributed by atoms with Crippen molar-refractivity contribution in [2.45, 2.75) is 26.5 Å². The van der Waals surface area contributed by atoms with Crippen LogP contribution >= 0.6 is 0 Å². The van der Waals surface area contributed by atoms with Gasteiger partial charge in [-0.1, -0.05) is 72.8 Å². The lowest BCUT2D eigenvalue weighted by atomic mass is 9.95. The average Bonchev–Trinajstić information content (AvgIpc) is 2.78. The summed E-state index contributed by atoms with van der Waals surface area (Å²) in [6.07, 6.45) is 0. The summed E-state index contributed by atoms with van der Waals surface area (Å²) in [5, 5.41) is 5.78. The SMILES string of the molecule is CNC[C@H](NC(=O)c1c(C)cc(-c2ccccc2)cc1C)C(=O)OCc1ccccc1. The van der Waals surface area contributed by atoms with Crippen molar-refractivity contribution in [3.63, 3.8) is 0 Å². The molecule has 0 aliphatic heterocycles. The fraction of sp³-hybridized carbons (Fsp3) is 0.231. The topological polar surface area (TPSA) is 67.4 Å². The van der Waals surface area contributed by atoms with Crippen LogP contribution in [0.3, 0.4) is 0 Å². The average molecular weight is 417 g/mol.